The van der Waals surface area contributed by atoms with Crippen LogP contribution in [0.15, 0.2) is 24.3 Å². The zero-order valence-electron chi connectivity index (χ0n) is 14.5. The fourth-order valence-corrected chi connectivity index (χ4v) is 2.70. The van der Waals surface area contributed by atoms with Crippen LogP contribution in [0.2, 0.25) is 0 Å². The maximum Gasteiger partial charge on any atom is 0.387 e. The maximum atomic E-state index is 12.6. The summed E-state index contributed by atoms with van der Waals surface area (Å²) in [7, 11) is 0. The first-order valence-corrected chi connectivity index (χ1v) is 8.28. The van der Waals surface area contributed by atoms with Crippen molar-refractivity contribution in [3.8, 4) is 5.75 Å². The van der Waals surface area contributed by atoms with Crippen molar-refractivity contribution in [3.05, 3.63) is 24.3 Å². The number of amides is 2. The molecule has 2 rings (SSSR count). The van der Waals surface area contributed by atoms with E-state index in [1.165, 1.54) is 12.1 Å². The van der Waals surface area contributed by atoms with E-state index < -0.39 is 12.7 Å². The number of carbonyl (C=O) groups is 2. The molecule has 1 aliphatic rings. The molecule has 1 aliphatic heterocycles. The average Bonchev–Trinajstić information content (AvgIpc) is 2.55. The molecule has 3 N–H and O–H groups in total. The van der Waals surface area contributed by atoms with Gasteiger partial charge in [0.05, 0.1) is 0 Å². The highest BCUT2D eigenvalue weighted by Gasteiger charge is 2.30. The average molecular weight is 392 g/mol. The first-order valence-electron chi connectivity index (χ1n) is 8.28. The van der Waals surface area contributed by atoms with Crippen LogP contribution in [0, 0.1) is 0 Å². The molecule has 2 unspecified atom stereocenters. The van der Waals surface area contributed by atoms with Crippen LogP contribution in [0.25, 0.3) is 0 Å². The largest absolute Gasteiger partial charge is 0.435 e. The monoisotopic (exact) mass is 391 g/mol. The zero-order chi connectivity index (χ0) is 18.4. The summed E-state index contributed by atoms with van der Waals surface area (Å²) in [5, 5.41) is 2.75. The first kappa shape index (κ1) is 22.1. The standard InChI is InChI=1S/C17H23F2N3O3.ClH/c1-11(20)4-9-15(23)21-14-3-2-10-22(16(14)24)12-5-7-13(8-6-12)25-17(18)19;/h5-8,11,14,17H,2-4,9-10,20H2,1H3,(H,21,23);1H. The Labute approximate surface area is 157 Å². The number of ether oxygens (including phenoxy) is 1. The van der Waals surface area contributed by atoms with Crippen LogP contribution in [0.3, 0.4) is 0 Å². The second-order valence-corrected chi connectivity index (χ2v) is 6.14. The van der Waals surface area contributed by atoms with Crippen LogP contribution in [0.1, 0.15) is 32.6 Å². The Morgan fingerprint density at radius 2 is 2.04 bits per heavy atom. The summed E-state index contributed by atoms with van der Waals surface area (Å²) >= 11 is 0. The third-order valence-corrected chi connectivity index (χ3v) is 3.97. The van der Waals surface area contributed by atoms with Crippen LogP contribution in [0.4, 0.5) is 14.5 Å². The minimum absolute atomic E-state index is 0. The Balaban J connectivity index is 0.00000338. The van der Waals surface area contributed by atoms with E-state index >= 15 is 0 Å². The van der Waals surface area contributed by atoms with Gasteiger partial charge < -0.3 is 20.7 Å². The summed E-state index contributed by atoms with van der Waals surface area (Å²) in [6.07, 6.45) is 2.15. The molecular weight excluding hydrogens is 368 g/mol. The summed E-state index contributed by atoms with van der Waals surface area (Å²) in [6.45, 7) is -0.555. The van der Waals surface area contributed by atoms with Crippen molar-refractivity contribution in [2.24, 2.45) is 5.73 Å². The van der Waals surface area contributed by atoms with Gasteiger partial charge in [-0.1, -0.05) is 0 Å². The van der Waals surface area contributed by atoms with Crippen LogP contribution in [-0.4, -0.2) is 37.1 Å². The second kappa shape index (κ2) is 10.3. The number of carbonyl (C=O) groups excluding carboxylic acids is 2. The van der Waals surface area contributed by atoms with E-state index in [-0.39, 0.29) is 42.4 Å². The topological polar surface area (TPSA) is 84.7 Å². The number of nitrogens with one attached hydrogen (secondary N) is 1. The minimum Gasteiger partial charge on any atom is -0.435 e. The van der Waals surface area contributed by atoms with Gasteiger partial charge in [-0.15, -0.1) is 12.4 Å². The molecule has 0 bridgehead atoms. The Morgan fingerprint density at radius 3 is 2.62 bits per heavy atom. The quantitative estimate of drug-likeness (QED) is 0.747. The molecule has 0 aliphatic carbocycles. The summed E-state index contributed by atoms with van der Waals surface area (Å²) in [4.78, 5) is 26.1. The predicted octanol–water partition coefficient (Wildman–Crippen LogP) is 2.45. The van der Waals surface area contributed by atoms with Crippen LogP contribution < -0.4 is 20.7 Å². The molecule has 1 fully saturated rings. The van der Waals surface area contributed by atoms with Crippen molar-refractivity contribution in [2.75, 3.05) is 11.4 Å². The third-order valence-electron chi connectivity index (χ3n) is 3.97. The van der Waals surface area contributed by atoms with Crippen molar-refractivity contribution in [1.29, 1.82) is 0 Å². The smallest absolute Gasteiger partial charge is 0.387 e. The van der Waals surface area contributed by atoms with Gasteiger partial charge in [-0.2, -0.15) is 8.78 Å². The molecule has 0 saturated carbocycles. The third kappa shape index (κ3) is 6.42. The maximum absolute atomic E-state index is 12.6. The lowest BCUT2D eigenvalue weighted by Crippen LogP contribution is -2.52. The number of rotatable bonds is 7. The predicted molar refractivity (Wildman–Crippen MR) is 96.7 cm³/mol. The number of piperidine rings is 1. The molecule has 1 saturated heterocycles. The lowest BCUT2D eigenvalue weighted by molar-refractivity contribution is -0.128. The Kier molecular flexibility index (Phi) is 8.74. The van der Waals surface area contributed by atoms with Gasteiger partial charge in [-0.05, 0) is 50.5 Å². The van der Waals surface area contributed by atoms with E-state index in [9.17, 15) is 18.4 Å². The fourth-order valence-electron chi connectivity index (χ4n) is 2.70. The molecule has 2 amide bonds. The SMILES string of the molecule is CC(N)CCC(=O)NC1CCCN(c2ccc(OC(F)F)cc2)C1=O.Cl. The number of anilines is 1. The molecule has 0 spiro atoms. The summed E-state index contributed by atoms with van der Waals surface area (Å²) < 4.78 is 28.7. The number of alkyl halides is 2. The number of halogens is 3. The fraction of sp³-hybridized carbons (Fsp3) is 0.529. The summed E-state index contributed by atoms with van der Waals surface area (Å²) in [6, 6.07) is 5.23. The second-order valence-electron chi connectivity index (χ2n) is 6.14. The van der Waals surface area contributed by atoms with E-state index in [1.54, 1.807) is 17.0 Å². The number of hydrogen-bond acceptors (Lipinski definition) is 4. The molecule has 9 heteroatoms. The van der Waals surface area contributed by atoms with Gasteiger partial charge >= 0.3 is 6.61 Å². The lowest BCUT2D eigenvalue weighted by atomic mass is 10.0. The van der Waals surface area contributed by atoms with E-state index in [4.69, 9.17) is 5.73 Å². The van der Waals surface area contributed by atoms with Crippen molar-refractivity contribution >= 4 is 29.9 Å². The van der Waals surface area contributed by atoms with Gasteiger partial charge in [0.15, 0.2) is 0 Å². The number of nitrogens with zero attached hydrogens (tertiary/aromatic N) is 1. The lowest BCUT2D eigenvalue weighted by Gasteiger charge is -2.32. The normalized spacial score (nSPS) is 18.3. The van der Waals surface area contributed by atoms with Crippen LogP contribution in [0.5, 0.6) is 5.75 Å². The molecule has 1 aromatic rings. The highest BCUT2D eigenvalue weighted by molar-refractivity contribution is 5.99. The van der Waals surface area contributed by atoms with Crippen molar-refractivity contribution in [1.82, 2.24) is 5.32 Å². The number of benzene rings is 1. The molecule has 0 radical (unpaired) electrons. The molecular formula is C17H24ClF2N3O3. The van der Waals surface area contributed by atoms with E-state index in [0.717, 1.165) is 6.42 Å². The van der Waals surface area contributed by atoms with Gasteiger partial charge in [0, 0.05) is 24.7 Å². The molecule has 2 atom stereocenters. The van der Waals surface area contributed by atoms with Crippen molar-refractivity contribution in [2.45, 2.75) is 51.3 Å². The molecule has 1 aromatic carbocycles. The molecule has 6 nitrogen and oxygen atoms in total. The van der Waals surface area contributed by atoms with Crippen molar-refractivity contribution < 1.29 is 23.1 Å². The Hall–Kier alpha value is -1.93. The van der Waals surface area contributed by atoms with E-state index in [1.807, 2.05) is 6.92 Å². The van der Waals surface area contributed by atoms with Crippen molar-refractivity contribution in [3.63, 3.8) is 0 Å². The molecule has 0 aromatic heterocycles. The number of hydrogen-bond donors (Lipinski definition) is 2. The van der Waals surface area contributed by atoms with Gasteiger partial charge in [-0.3, -0.25) is 9.59 Å². The van der Waals surface area contributed by atoms with Gasteiger partial charge in [0.25, 0.3) is 0 Å². The first-order chi connectivity index (χ1) is 11.9. The van der Waals surface area contributed by atoms with Crippen LogP contribution in [-0.2, 0) is 9.59 Å². The minimum atomic E-state index is -2.89. The van der Waals surface area contributed by atoms with E-state index in [2.05, 4.69) is 10.1 Å². The highest BCUT2D eigenvalue weighted by Crippen LogP contribution is 2.24. The summed E-state index contributed by atoms with van der Waals surface area (Å²) in [5.41, 5.74) is 6.21. The van der Waals surface area contributed by atoms with Gasteiger partial charge in [0.2, 0.25) is 11.8 Å². The van der Waals surface area contributed by atoms with Gasteiger partial charge in [0.1, 0.15) is 11.8 Å². The number of nitrogens with two attached hydrogens (primary N) is 1. The highest BCUT2D eigenvalue weighted by atomic mass is 35.5. The zero-order valence-corrected chi connectivity index (χ0v) is 15.3. The Bertz CT molecular complexity index is 599. The molecule has 1 heterocycles. The summed E-state index contributed by atoms with van der Waals surface area (Å²) in [5.74, 6) is -0.370. The Morgan fingerprint density at radius 1 is 1.38 bits per heavy atom. The van der Waals surface area contributed by atoms with Gasteiger partial charge in [-0.25, -0.2) is 0 Å². The van der Waals surface area contributed by atoms with E-state index in [0.29, 0.717) is 25.1 Å². The molecule has 146 valence electrons. The molecule has 26 heavy (non-hydrogen) atoms. The van der Waals surface area contributed by atoms with Crippen LogP contribution >= 0.6 is 12.4 Å².